The van der Waals surface area contributed by atoms with Crippen LogP contribution in [0.15, 0.2) is 24.0 Å². The highest BCUT2D eigenvalue weighted by Gasteiger charge is 2.11. The van der Waals surface area contributed by atoms with Crippen molar-refractivity contribution in [1.29, 1.82) is 0 Å². The maximum absolute atomic E-state index is 11.1. The smallest absolute Gasteiger partial charge is 0.292 e. The topological polar surface area (TPSA) is 35.5 Å². The molecular formula is C10H14O3. The van der Waals surface area contributed by atoms with E-state index in [2.05, 4.69) is 11.5 Å². The van der Waals surface area contributed by atoms with Crippen LogP contribution in [0.2, 0.25) is 0 Å². The standard InChI is InChI=1S/C10H14O3/c1-3-8(2)10(11)13-12-9-6-4-5-7-9/h6H,2-5,7H2,1H3. The Hall–Kier alpha value is -1.25. The molecule has 0 saturated carbocycles. The van der Waals surface area contributed by atoms with Crippen molar-refractivity contribution in [3.63, 3.8) is 0 Å². The summed E-state index contributed by atoms with van der Waals surface area (Å²) in [6.45, 7) is 5.39. The fourth-order valence-corrected chi connectivity index (χ4v) is 1.01. The molecule has 0 bridgehead atoms. The average Bonchev–Trinajstić information content (AvgIpc) is 2.65. The summed E-state index contributed by atoms with van der Waals surface area (Å²) in [5, 5.41) is 0. The van der Waals surface area contributed by atoms with Crippen LogP contribution in [0, 0.1) is 0 Å². The van der Waals surface area contributed by atoms with Crippen LogP contribution < -0.4 is 0 Å². The van der Waals surface area contributed by atoms with E-state index in [0.717, 1.165) is 25.0 Å². The first-order valence-corrected chi connectivity index (χ1v) is 4.49. The summed E-state index contributed by atoms with van der Waals surface area (Å²) < 4.78 is 0. The minimum Gasteiger partial charge on any atom is -0.292 e. The SMILES string of the molecule is C=C(CC)C(=O)OOC1=CCCC1. The molecule has 1 rings (SSSR count). The lowest BCUT2D eigenvalue weighted by atomic mass is 10.2. The van der Waals surface area contributed by atoms with E-state index < -0.39 is 5.97 Å². The molecule has 0 heterocycles. The van der Waals surface area contributed by atoms with E-state index in [1.165, 1.54) is 0 Å². The molecule has 72 valence electrons. The number of hydrogen-bond acceptors (Lipinski definition) is 3. The maximum atomic E-state index is 11.1. The molecular weight excluding hydrogens is 168 g/mol. The van der Waals surface area contributed by atoms with Gasteiger partial charge in [-0.2, -0.15) is 0 Å². The minimum atomic E-state index is -0.477. The van der Waals surface area contributed by atoms with Crippen LogP contribution in [0.25, 0.3) is 0 Å². The van der Waals surface area contributed by atoms with Crippen molar-refractivity contribution in [2.24, 2.45) is 0 Å². The highest BCUT2D eigenvalue weighted by Crippen LogP contribution is 2.19. The van der Waals surface area contributed by atoms with Crippen LogP contribution in [-0.4, -0.2) is 5.97 Å². The zero-order valence-electron chi connectivity index (χ0n) is 7.84. The van der Waals surface area contributed by atoms with Gasteiger partial charge in [0.25, 0.3) is 0 Å². The first-order chi connectivity index (χ1) is 6.24. The molecule has 0 fully saturated rings. The van der Waals surface area contributed by atoms with Gasteiger partial charge in [-0.3, -0.25) is 4.89 Å². The summed E-state index contributed by atoms with van der Waals surface area (Å²) in [6.07, 6.45) is 5.44. The van der Waals surface area contributed by atoms with E-state index in [9.17, 15) is 4.79 Å². The lowest BCUT2D eigenvalue weighted by molar-refractivity contribution is -0.244. The Kier molecular flexibility index (Phi) is 3.55. The van der Waals surface area contributed by atoms with E-state index in [4.69, 9.17) is 4.89 Å². The zero-order valence-corrected chi connectivity index (χ0v) is 7.84. The molecule has 0 radical (unpaired) electrons. The Morgan fingerprint density at radius 3 is 3.00 bits per heavy atom. The van der Waals surface area contributed by atoms with E-state index in [0.29, 0.717) is 12.0 Å². The van der Waals surface area contributed by atoms with Gasteiger partial charge in [-0.05, 0) is 25.3 Å². The fourth-order valence-electron chi connectivity index (χ4n) is 1.01. The predicted octanol–water partition coefficient (Wildman–Crippen LogP) is 2.50. The summed E-state index contributed by atoms with van der Waals surface area (Å²) in [7, 11) is 0. The lowest BCUT2D eigenvalue weighted by Crippen LogP contribution is -2.06. The third kappa shape index (κ3) is 2.93. The number of carbonyl (C=O) groups is 1. The number of rotatable bonds is 4. The van der Waals surface area contributed by atoms with Crippen molar-refractivity contribution < 1.29 is 14.6 Å². The second kappa shape index (κ2) is 4.70. The maximum Gasteiger partial charge on any atom is 0.381 e. The number of hydrogen-bond donors (Lipinski definition) is 0. The number of carbonyl (C=O) groups excluding carboxylic acids is 1. The molecule has 0 amide bonds. The van der Waals surface area contributed by atoms with Crippen LogP contribution in [0.4, 0.5) is 0 Å². The van der Waals surface area contributed by atoms with Gasteiger partial charge >= 0.3 is 5.97 Å². The molecule has 0 unspecified atom stereocenters. The van der Waals surface area contributed by atoms with Crippen molar-refractivity contribution in [3.8, 4) is 0 Å². The molecule has 0 saturated heterocycles. The van der Waals surface area contributed by atoms with Crippen LogP contribution in [0.3, 0.4) is 0 Å². The van der Waals surface area contributed by atoms with Gasteiger partial charge in [-0.25, -0.2) is 9.68 Å². The quantitative estimate of drug-likeness (QED) is 0.380. The number of allylic oxidation sites excluding steroid dienone is 2. The molecule has 0 atom stereocenters. The second-order valence-corrected chi connectivity index (χ2v) is 2.97. The van der Waals surface area contributed by atoms with Gasteiger partial charge in [-0.1, -0.05) is 13.5 Å². The molecule has 0 aliphatic heterocycles. The van der Waals surface area contributed by atoms with Gasteiger partial charge in [0.15, 0.2) is 5.76 Å². The van der Waals surface area contributed by atoms with Crippen molar-refractivity contribution in [2.75, 3.05) is 0 Å². The van der Waals surface area contributed by atoms with Crippen LogP contribution >= 0.6 is 0 Å². The Morgan fingerprint density at radius 1 is 1.69 bits per heavy atom. The fraction of sp³-hybridized carbons (Fsp3) is 0.500. The van der Waals surface area contributed by atoms with E-state index in [-0.39, 0.29) is 0 Å². The summed E-state index contributed by atoms with van der Waals surface area (Å²) in [5.74, 6) is 0.271. The van der Waals surface area contributed by atoms with Gasteiger partial charge < -0.3 is 0 Å². The summed E-state index contributed by atoms with van der Waals surface area (Å²) in [5.41, 5.74) is 0.429. The summed E-state index contributed by atoms with van der Waals surface area (Å²) in [4.78, 5) is 20.5. The van der Waals surface area contributed by atoms with E-state index >= 15 is 0 Å². The molecule has 0 spiro atoms. The molecule has 3 nitrogen and oxygen atoms in total. The molecule has 1 aliphatic carbocycles. The zero-order chi connectivity index (χ0) is 9.68. The summed E-state index contributed by atoms with van der Waals surface area (Å²) in [6, 6.07) is 0. The third-order valence-corrected chi connectivity index (χ3v) is 1.94. The third-order valence-electron chi connectivity index (χ3n) is 1.94. The predicted molar refractivity (Wildman–Crippen MR) is 48.5 cm³/mol. The molecule has 0 aromatic carbocycles. The minimum absolute atomic E-state index is 0.429. The molecule has 3 heteroatoms. The van der Waals surface area contributed by atoms with Crippen molar-refractivity contribution in [1.82, 2.24) is 0 Å². The van der Waals surface area contributed by atoms with E-state index in [1.54, 1.807) is 0 Å². The molecule has 0 aromatic rings. The Bertz CT molecular complexity index is 241. The Balaban J connectivity index is 2.25. The molecule has 0 N–H and O–H groups in total. The molecule has 1 aliphatic rings. The average molecular weight is 182 g/mol. The molecule has 0 aromatic heterocycles. The van der Waals surface area contributed by atoms with Gasteiger partial charge in [-0.15, -0.1) is 0 Å². The van der Waals surface area contributed by atoms with E-state index in [1.807, 2.05) is 13.0 Å². The van der Waals surface area contributed by atoms with Crippen molar-refractivity contribution in [2.45, 2.75) is 32.6 Å². The van der Waals surface area contributed by atoms with Crippen LogP contribution in [0.5, 0.6) is 0 Å². The largest absolute Gasteiger partial charge is 0.381 e. The van der Waals surface area contributed by atoms with Gasteiger partial charge in [0.1, 0.15) is 0 Å². The van der Waals surface area contributed by atoms with Gasteiger partial charge in [0.05, 0.1) is 0 Å². The first-order valence-electron chi connectivity index (χ1n) is 4.49. The Morgan fingerprint density at radius 2 is 2.46 bits per heavy atom. The first kappa shape index (κ1) is 9.84. The van der Waals surface area contributed by atoms with Crippen molar-refractivity contribution in [3.05, 3.63) is 24.0 Å². The monoisotopic (exact) mass is 182 g/mol. The van der Waals surface area contributed by atoms with Crippen LogP contribution in [-0.2, 0) is 14.6 Å². The summed E-state index contributed by atoms with van der Waals surface area (Å²) >= 11 is 0. The second-order valence-electron chi connectivity index (χ2n) is 2.97. The van der Waals surface area contributed by atoms with Crippen molar-refractivity contribution >= 4 is 5.97 Å². The Labute approximate surface area is 78.0 Å². The van der Waals surface area contributed by atoms with Crippen LogP contribution in [0.1, 0.15) is 32.6 Å². The van der Waals surface area contributed by atoms with Gasteiger partial charge in [0.2, 0.25) is 0 Å². The van der Waals surface area contributed by atoms with Gasteiger partial charge in [0, 0.05) is 12.0 Å². The normalized spacial score (nSPS) is 15.0. The highest BCUT2D eigenvalue weighted by atomic mass is 17.2. The molecule has 13 heavy (non-hydrogen) atoms. The highest BCUT2D eigenvalue weighted by molar-refractivity contribution is 5.87. The lowest BCUT2D eigenvalue weighted by Gasteiger charge is -2.04.